The number of carbonyl (C=O) groups is 2. The number of aryl methyl sites for hydroxylation is 1. The summed E-state index contributed by atoms with van der Waals surface area (Å²) in [6, 6.07) is 6.30. The van der Waals surface area contributed by atoms with Crippen LogP contribution in [0.15, 0.2) is 43.0 Å². The van der Waals surface area contributed by atoms with Crippen LogP contribution in [0.3, 0.4) is 0 Å². The molecule has 2 amide bonds. The predicted molar refractivity (Wildman–Crippen MR) is 90.1 cm³/mol. The summed E-state index contributed by atoms with van der Waals surface area (Å²) in [5.74, 6) is -4.88. The van der Waals surface area contributed by atoms with Gasteiger partial charge in [-0.05, 0) is 54.8 Å². The molecule has 0 radical (unpaired) electrons. The van der Waals surface area contributed by atoms with E-state index in [2.05, 4.69) is 17.2 Å². The van der Waals surface area contributed by atoms with Crippen LogP contribution < -0.4 is 10.6 Å². The number of amides is 2. The molecular weight excluding hydrogens is 345 g/mol. The standard InChI is InChI=1S/C19H15F3N2O2/c1-2-15(25)23-12-6-3-10(4-7-12)19(26)24-14-8-5-11-9-13(20)17(21)18(22)16(11)14/h2-4,6-7,9,14H,1,5,8H2,(H,23,25)(H,24,26). The number of rotatable bonds is 4. The van der Waals surface area contributed by atoms with Crippen molar-refractivity contribution in [3.63, 3.8) is 0 Å². The molecule has 26 heavy (non-hydrogen) atoms. The van der Waals surface area contributed by atoms with Gasteiger partial charge < -0.3 is 10.6 Å². The van der Waals surface area contributed by atoms with Gasteiger partial charge in [0.25, 0.3) is 5.91 Å². The van der Waals surface area contributed by atoms with Crippen LogP contribution in [0.4, 0.5) is 18.9 Å². The van der Waals surface area contributed by atoms with E-state index >= 15 is 0 Å². The fourth-order valence-corrected chi connectivity index (χ4v) is 2.97. The number of fused-ring (bicyclic) bond motifs is 1. The predicted octanol–water partition coefficient (Wildman–Crippen LogP) is 3.65. The van der Waals surface area contributed by atoms with Gasteiger partial charge in [0.05, 0.1) is 6.04 Å². The molecule has 1 aliphatic rings. The van der Waals surface area contributed by atoms with E-state index < -0.39 is 29.4 Å². The summed E-state index contributed by atoms with van der Waals surface area (Å²) in [4.78, 5) is 23.6. The van der Waals surface area contributed by atoms with E-state index in [9.17, 15) is 22.8 Å². The summed E-state index contributed by atoms with van der Waals surface area (Å²) >= 11 is 0. The Morgan fingerprint density at radius 2 is 1.81 bits per heavy atom. The molecule has 0 bridgehead atoms. The normalized spacial score (nSPS) is 15.3. The maximum atomic E-state index is 14.1. The van der Waals surface area contributed by atoms with Crippen molar-refractivity contribution >= 4 is 17.5 Å². The number of benzene rings is 2. The zero-order valence-corrected chi connectivity index (χ0v) is 13.6. The zero-order valence-electron chi connectivity index (χ0n) is 13.6. The second-order valence-electron chi connectivity index (χ2n) is 5.89. The molecule has 2 N–H and O–H groups in total. The highest BCUT2D eigenvalue weighted by Crippen LogP contribution is 2.35. The Morgan fingerprint density at radius 1 is 1.12 bits per heavy atom. The summed E-state index contributed by atoms with van der Waals surface area (Å²) in [6.45, 7) is 3.34. The molecule has 2 aromatic rings. The SMILES string of the molecule is C=CC(=O)Nc1ccc(C(=O)NC2CCc3cc(F)c(F)c(F)c32)cc1. The summed E-state index contributed by atoms with van der Waals surface area (Å²) in [5.41, 5.74) is 1.13. The Bertz CT molecular complexity index is 895. The molecule has 4 nitrogen and oxygen atoms in total. The maximum Gasteiger partial charge on any atom is 0.251 e. The molecule has 0 saturated heterocycles. The quantitative estimate of drug-likeness (QED) is 0.646. The lowest BCUT2D eigenvalue weighted by molar-refractivity contribution is -0.111. The Kier molecular flexibility index (Phi) is 4.79. The van der Waals surface area contributed by atoms with Crippen molar-refractivity contribution in [3.8, 4) is 0 Å². The van der Waals surface area contributed by atoms with Crippen molar-refractivity contribution in [1.29, 1.82) is 0 Å². The summed E-state index contributed by atoms with van der Waals surface area (Å²) in [5, 5.41) is 5.19. The molecule has 0 aliphatic heterocycles. The lowest BCUT2D eigenvalue weighted by Gasteiger charge is -2.15. The van der Waals surface area contributed by atoms with Crippen LogP contribution in [0.25, 0.3) is 0 Å². The molecule has 1 atom stereocenters. The van der Waals surface area contributed by atoms with Crippen molar-refractivity contribution in [2.45, 2.75) is 18.9 Å². The van der Waals surface area contributed by atoms with Crippen LogP contribution in [0.5, 0.6) is 0 Å². The van der Waals surface area contributed by atoms with Crippen molar-refractivity contribution in [3.05, 3.63) is 77.1 Å². The second kappa shape index (κ2) is 7.03. The molecule has 0 saturated carbocycles. The highest BCUT2D eigenvalue weighted by atomic mass is 19.2. The van der Waals surface area contributed by atoms with E-state index in [1.807, 2.05) is 0 Å². The van der Waals surface area contributed by atoms with Gasteiger partial charge in [0.1, 0.15) is 0 Å². The summed E-state index contributed by atoms with van der Waals surface area (Å²) < 4.78 is 40.9. The van der Waals surface area contributed by atoms with Crippen molar-refractivity contribution in [2.24, 2.45) is 0 Å². The van der Waals surface area contributed by atoms with Crippen LogP contribution in [-0.4, -0.2) is 11.8 Å². The number of carbonyl (C=O) groups excluding carboxylic acids is 2. The molecule has 0 fully saturated rings. The van der Waals surface area contributed by atoms with Gasteiger partial charge in [-0.1, -0.05) is 6.58 Å². The van der Waals surface area contributed by atoms with Gasteiger partial charge in [0, 0.05) is 16.8 Å². The fraction of sp³-hybridized carbons (Fsp3) is 0.158. The number of hydrogen-bond donors (Lipinski definition) is 2. The topological polar surface area (TPSA) is 58.2 Å². The Balaban J connectivity index is 1.75. The Labute approximate surface area is 147 Å². The second-order valence-corrected chi connectivity index (χ2v) is 5.89. The first-order chi connectivity index (χ1) is 12.4. The third-order valence-electron chi connectivity index (χ3n) is 4.24. The number of halogens is 3. The van der Waals surface area contributed by atoms with E-state index in [4.69, 9.17) is 0 Å². The van der Waals surface area contributed by atoms with Crippen molar-refractivity contribution in [2.75, 3.05) is 5.32 Å². The minimum absolute atomic E-state index is 0.00730. The third-order valence-corrected chi connectivity index (χ3v) is 4.24. The van der Waals surface area contributed by atoms with Crippen molar-refractivity contribution < 1.29 is 22.8 Å². The van der Waals surface area contributed by atoms with Gasteiger partial charge in [0.15, 0.2) is 17.5 Å². The molecule has 7 heteroatoms. The van der Waals surface area contributed by atoms with Gasteiger partial charge in [0.2, 0.25) is 5.91 Å². The lowest BCUT2D eigenvalue weighted by atomic mass is 10.1. The molecule has 134 valence electrons. The van der Waals surface area contributed by atoms with Gasteiger partial charge in [-0.2, -0.15) is 0 Å². The first-order valence-electron chi connectivity index (χ1n) is 7.91. The van der Waals surface area contributed by atoms with E-state index in [0.717, 1.165) is 12.1 Å². The van der Waals surface area contributed by atoms with Gasteiger partial charge >= 0.3 is 0 Å². The van der Waals surface area contributed by atoms with Crippen LogP contribution in [0.2, 0.25) is 0 Å². The first kappa shape index (κ1) is 17.7. The lowest BCUT2D eigenvalue weighted by Crippen LogP contribution is -2.28. The smallest absolute Gasteiger partial charge is 0.251 e. The molecule has 3 rings (SSSR count). The van der Waals surface area contributed by atoms with Crippen LogP contribution >= 0.6 is 0 Å². The first-order valence-corrected chi connectivity index (χ1v) is 7.91. The van der Waals surface area contributed by atoms with Gasteiger partial charge in [-0.3, -0.25) is 9.59 Å². The van der Waals surface area contributed by atoms with E-state index in [-0.39, 0.29) is 17.0 Å². The van der Waals surface area contributed by atoms with Gasteiger partial charge in [-0.15, -0.1) is 0 Å². The minimum Gasteiger partial charge on any atom is -0.345 e. The molecule has 2 aromatic carbocycles. The van der Waals surface area contributed by atoms with E-state index in [1.165, 1.54) is 24.3 Å². The highest BCUT2D eigenvalue weighted by molar-refractivity contribution is 5.99. The average Bonchev–Trinajstić information content (AvgIpc) is 3.02. The molecule has 0 spiro atoms. The highest BCUT2D eigenvalue weighted by Gasteiger charge is 2.31. The summed E-state index contributed by atoms with van der Waals surface area (Å²) in [6.07, 6.45) is 1.82. The molecule has 1 unspecified atom stereocenters. The fourth-order valence-electron chi connectivity index (χ4n) is 2.97. The van der Waals surface area contributed by atoms with Gasteiger partial charge in [-0.25, -0.2) is 13.2 Å². The largest absolute Gasteiger partial charge is 0.345 e. The molecule has 0 aromatic heterocycles. The molecule has 1 aliphatic carbocycles. The maximum absolute atomic E-state index is 14.1. The van der Waals surface area contributed by atoms with Crippen LogP contribution in [0.1, 0.15) is 33.9 Å². The third kappa shape index (κ3) is 3.33. The van der Waals surface area contributed by atoms with Crippen LogP contribution in [-0.2, 0) is 11.2 Å². The Hall–Kier alpha value is -3.09. The Morgan fingerprint density at radius 3 is 2.46 bits per heavy atom. The summed E-state index contributed by atoms with van der Waals surface area (Å²) in [7, 11) is 0. The van der Waals surface area contributed by atoms with E-state index in [0.29, 0.717) is 24.1 Å². The number of anilines is 1. The van der Waals surface area contributed by atoms with Crippen LogP contribution in [0, 0.1) is 17.5 Å². The average molecular weight is 360 g/mol. The monoisotopic (exact) mass is 360 g/mol. The minimum atomic E-state index is -1.53. The van der Waals surface area contributed by atoms with E-state index in [1.54, 1.807) is 0 Å². The van der Waals surface area contributed by atoms with Crippen molar-refractivity contribution in [1.82, 2.24) is 5.32 Å². The number of hydrogen-bond acceptors (Lipinski definition) is 2. The molecular formula is C19H15F3N2O2. The molecule has 0 heterocycles. The number of nitrogens with one attached hydrogen (secondary N) is 2. The zero-order chi connectivity index (χ0) is 18.8.